The van der Waals surface area contributed by atoms with Gasteiger partial charge in [0.25, 0.3) is 0 Å². The van der Waals surface area contributed by atoms with Gasteiger partial charge in [0, 0.05) is 6.42 Å². The van der Waals surface area contributed by atoms with Crippen LogP contribution in [-0.4, -0.2) is 23.2 Å². The fraction of sp³-hybridized carbons (Fsp3) is 0.611. The molecule has 2 aliphatic carbocycles. The second-order valence-corrected chi connectivity index (χ2v) is 6.69. The number of carbonyl (C=O) groups is 1. The van der Waals surface area contributed by atoms with Crippen LogP contribution in [0, 0.1) is 0 Å². The van der Waals surface area contributed by atoms with Gasteiger partial charge in [-0.3, -0.25) is 4.79 Å². The fourth-order valence-electron chi connectivity index (χ4n) is 4.01. The van der Waals surface area contributed by atoms with E-state index in [1.165, 1.54) is 17.5 Å². The highest BCUT2D eigenvalue weighted by Gasteiger charge is 2.35. The molecule has 1 amide bonds. The van der Waals surface area contributed by atoms with E-state index in [1.807, 2.05) is 0 Å². The van der Waals surface area contributed by atoms with E-state index >= 15 is 0 Å². The molecule has 1 saturated carbocycles. The monoisotopic (exact) mass is 287 g/mol. The zero-order valence-corrected chi connectivity index (χ0v) is 12.6. The lowest BCUT2D eigenvalue weighted by Crippen LogP contribution is -2.49. The van der Waals surface area contributed by atoms with E-state index in [2.05, 4.69) is 29.6 Å². The Kier molecular flexibility index (Phi) is 4.29. The van der Waals surface area contributed by atoms with Crippen LogP contribution in [0.25, 0.3) is 0 Å². The number of hydrogen-bond acceptors (Lipinski definition) is 2. The highest BCUT2D eigenvalue weighted by molar-refractivity contribution is 5.78. The van der Waals surface area contributed by atoms with Gasteiger partial charge in [0.1, 0.15) is 0 Å². The van der Waals surface area contributed by atoms with Crippen LogP contribution >= 0.6 is 0 Å². The summed E-state index contributed by atoms with van der Waals surface area (Å²) in [5, 5.41) is 12.7. The molecule has 3 heteroatoms. The molecule has 1 atom stereocenters. The first-order valence-electron chi connectivity index (χ1n) is 8.22. The maximum Gasteiger partial charge on any atom is 0.221 e. The summed E-state index contributed by atoms with van der Waals surface area (Å²) in [5.41, 5.74) is 2.41. The number of aliphatic hydroxyl groups excluding tert-OH is 1. The molecule has 1 fully saturated rings. The second kappa shape index (κ2) is 6.18. The second-order valence-electron chi connectivity index (χ2n) is 6.69. The molecule has 2 N–H and O–H groups in total. The highest BCUT2D eigenvalue weighted by Crippen LogP contribution is 2.35. The quantitative estimate of drug-likeness (QED) is 0.894. The molecule has 1 aromatic carbocycles. The Morgan fingerprint density at radius 2 is 2.00 bits per heavy atom. The first-order valence-corrected chi connectivity index (χ1v) is 8.22. The van der Waals surface area contributed by atoms with Crippen molar-refractivity contribution in [1.82, 2.24) is 5.32 Å². The lowest BCUT2D eigenvalue weighted by molar-refractivity contribution is -0.124. The molecule has 0 heterocycles. The van der Waals surface area contributed by atoms with Gasteiger partial charge in [-0.2, -0.15) is 0 Å². The summed E-state index contributed by atoms with van der Waals surface area (Å²) in [6.07, 6.45) is 7.98. The Bertz CT molecular complexity index is 506. The van der Waals surface area contributed by atoms with Crippen molar-refractivity contribution < 1.29 is 9.90 Å². The number of rotatable bonds is 4. The van der Waals surface area contributed by atoms with Gasteiger partial charge in [-0.15, -0.1) is 0 Å². The standard InChI is InChI=1S/C18H25NO2/c20-13-18(10-3-4-11-18)19-17(21)12-15-8-5-7-14-6-1-2-9-16(14)15/h1-2,6,9,15,20H,3-5,7-8,10-13H2,(H,19,21). The number of aryl methyl sites for hydroxylation is 1. The topological polar surface area (TPSA) is 49.3 Å². The Morgan fingerprint density at radius 3 is 2.76 bits per heavy atom. The third kappa shape index (κ3) is 3.13. The molecule has 3 nitrogen and oxygen atoms in total. The van der Waals surface area contributed by atoms with Gasteiger partial charge in [-0.05, 0) is 49.1 Å². The maximum absolute atomic E-state index is 12.4. The largest absolute Gasteiger partial charge is 0.394 e. The van der Waals surface area contributed by atoms with Crippen molar-refractivity contribution in [3.63, 3.8) is 0 Å². The number of nitrogens with one attached hydrogen (secondary N) is 1. The van der Waals surface area contributed by atoms with Crippen LogP contribution in [0.15, 0.2) is 24.3 Å². The summed E-state index contributed by atoms with van der Waals surface area (Å²) in [7, 11) is 0. The average Bonchev–Trinajstić information content (AvgIpc) is 2.96. The van der Waals surface area contributed by atoms with Gasteiger partial charge in [0.05, 0.1) is 12.1 Å². The summed E-state index contributed by atoms with van der Waals surface area (Å²) in [4.78, 5) is 12.4. The predicted molar refractivity (Wildman–Crippen MR) is 83.2 cm³/mol. The molecule has 0 saturated heterocycles. The number of fused-ring (bicyclic) bond motifs is 1. The summed E-state index contributed by atoms with van der Waals surface area (Å²) in [6.45, 7) is 0.0694. The molecule has 0 spiro atoms. The first kappa shape index (κ1) is 14.6. The average molecular weight is 287 g/mol. The number of hydrogen-bond donors (Lipinski definition) is 2. The minimum atomic E-state index is -0.342. The van der Waals surface area contributed by atoms with Gasteiger partial charge in [0.2, 0.25) is 5.91 Å². The Labute approximate surface area is 126 Å². The van der Waals surface area contributed by atoms with Crippen LogP contribution in [0.2, 0.25) is 0 Å². The van der Waals surface area contributed by atoms with Crippen LogP contribution in [0.1, 0.15) is 62.0 Å². The smallest absolute Gasteiger partial charge is 0.221 e. The lowest BCUT2D eigenvalue weighted by Gasteiger charge is -2.30. The number of amides is 1. The summed E-state index contributed by atoms with van der Waals surface area (Å²) >= 11 is 0. The molecule has 0 aliphatic heterocycles. The Morgan fingerprint density at radius 1 is 1.24 bits per heavy atom. The zero-order valence-electron chi connectivity index (χ0n) is 12.6. The van der Waals surface area contributed by atoms with Crippen molar-refractivity contribution in [2.24, 2.45) is 0 Å². The predicted octanol–water partition coefficient (Wildman–Crippen LogP) is 2.92. The van der Waals surface area contributed by atoms with Crippen molar-refractivity contribution in [2.75, 3.05) is 6.61 Å². The van der Waals surface area contributed by atoms with E-state index in [9.17, 15) is 9.90 Å². The minimum absolute atomic E-state index is 0.0694. The van der Waals surface area contributed by atoms with Gasteiger partial charge in [-0.1, -0.05) is 37.1 Å². The summed E-state index contributed by atoms with van der Waals surface area (Å²) in [6, 6.07) is 8.51. The molecule has 0 bridgehead atoms. The van der Waals surface area contributed by atoms with E-state index in [0.29, 0.717) is 12.3 Å². The molecule has 1 unspecified atom stereocenters. The number of aliphatic hydroxyl groups is 1. The minimum Gasteiger partial charge on any atom is -0.394 e. The summed E-state index contributed by atoms with van der Waals surface area (Å²) < 4.78 is 0. The van der Waals surface area contributed by atoms with Crippen molar-refractivity contribution >= 4 is 5.91 Å². The molecule has 1 aromatic rings. The molecule has 3 rings (SSSR count). The van der Waals surface area contributed by atoms with Crippen LogP contribution in [0.3, 0.4) is 0 Å². The van der Waals surface area contributed by atoms with Gasteiger partial charge in [0.15, 0.2) is 0 Å². The van der Waals surface area contributed by atoms with E-state index < -0.39 is 0 Å². The Hall–Kier alpha value is -1.35. The van der Waals surface area contributed by atoms with Crippen LogP contribution < -0.4 is 5.32 Å². The third-order valence-electron chi connectivity index (χ3n) is 5.19. The first-order chi connectivity index (χ1) is 10.2. The van der Waals surface area contributed by atoms with E-state index in [0.717, 1.165) is 38.5 Å². The van der Waals surface area contributed by atoms with Crippen molar-refractivity contribution in [1.29, 1.82) is 0 Å². The lowest BCUT2D eigenvalue weighted by atomic mass is 9.81. The van der Waals surface area contributed by atoms with Crippen molar-refractivity contribution in [2.45, 2.75) is 62.8 Å². The van der Waals surface area contributed by atoms with E-state index in [4.69, 9.17) is 0 Å². The maximum atomic E-state index is 12.4. The van der Waals surface area contributed by atoms with E-state index in [1.54, 1.807) is 0 Å². The number of benzene rings is 1. The van der Waals surface area contributed by atoms with Gasteiger partial charge >= 0.3 is 0 Å². The third-order valence-corrected chi connectivity index (χ3v) is 5.19. The molecule has 114 valence electrons. The molecule has 2 aliphatic rings. The van der Waals surface area contributed by atoms with Crippen LogP contribution in [0.5, 0.6) is 0 Å². The van der Waals surface area contributed by atoms with Crippen molar-refractivity contribution in [3.8, 4) is 0 Å². The molecular weight excluding hydrogens is 262 g/mol. The van der Waals surface area contributed by atoms with Crippen molar-refractivity contribution in [3.05, 3.63) is 35.4 Å². The fourth-order valence-corrected chi connectivity index (χ4v) is 4.01. The molecule has 0 aromatic heterocycles. The van der Waals surface area contributed by atoms with Gasteiger partial charge in [-0.25, -0.2) is 0 Å². The number of carbonyl (C=O) groups excluding carboxylic acids is 1. The zero-order chi connectivity index (χ0) is 14.7. The van der Waals surface area contributed by atoms with E-state index in [-0.39, 0.29) is 18.1 Å². The van der Waals surface area contributed by atoms with Crippen LogP contribution in [-0.2, 0) is 11.2 Å². The Balaban J connectivity index is 1.66. The molecule has 21 heavy (non-hydrogen) atoms. The molecular formula is C18H25NO2. The highest BCUT2D eigenvalue weighted by atomic mass is 16.3. The normalized spacial score (nSPS) is 23.6. The SMILES string of the molecule is O=C(CC1CCCc2ccccc21)NC1(CO)CCCC1. The molecule has 0 radical (unpaired) electrons. The van der Waals surface area contributed by atoms with Crippen LogP contribution in [0.4, 0.5) is 0 Å². The van der Waals surface area contributed by atoms with Gasteiger partial charge < -0.3 is 10.4 Å². The summed E-state index contributed by atoms with van der Waals surface area (Å²) in [5.74, 6) is 0.444.